The van der Waals surface area contributed by atoms with E-state index in [1.165, 1.54) is 0 Å². The van der Waals surface area contributed by atoms with Gasteiger partial charge in [-0.3, -0.25) is 0 Å². The molecule has 0 aliphatic carbocycles. The van der Waals surface area contributed by atoms with Gasteiger partial charge in [0.1, 0.15) is 12.1 Å². The number of para-hydroxylation sites is 3. The lowest BCUT2D eigenvalue weighted by atomic mass is 10.0. The van der Waals surface area contributed by atoms with Gasteiger partial charge in [0.05, 0.1) is 44.6 Å². The molecule has 0 aliphatic rings. The summed E-state index contributed by atoms with van der Waals surface area (Å²) in [6.07, 6.45) is 0. The molecule has 2 heterocycles. The summed E-state index contributed by atoms with van der Waals surface area (Å²) in [4.78, 5) is 0. The van der Waals surface area contributed by atoms with Gasteiger partial charge in [-0.15, -0.1) is 0 Å². The van der Waals surface area contributed by atoms with Gasteiger partial charge in [0.15, 0.2) is 0 Å². The van der Waals surface area contributed by atoms with Crippen LogP contribution in [0.4, 0.5) is 0 Å². The molecular formula is C36H20N4. The van der Waals surface area contributed by atoms with Gasteiger partial charge >= 0.3 is 0 Å². The average molecular weight is 509 g/mol. The average Bonchev–Trinajstić information content (AvgIpc) is 3.53. The zero-order chi connectivity index (χ0) is 26.8. The minimum absolute atomic E-state index is 0.359. The van der Waals surface area contributed by atoms with E-state index in [2.05, 4.69) is 81.9 Å². The highest BCUT2D eigenvalue weighted by molar-refractivity contribution is 6.18. The van der Waals surface area contributed by atoms with Gasteiger partial charge < -0.3 is 9.13 Å². The lowest BCUT2D eigenvalue weighted by Crippen LogP contribution is -2.05. The molecule has 2 aromatic heterocycles. The van der Waals surface area contributed by atoms with Crippen LogP contribution in [0.25, 0.3) is 65.8 Å². The second kappa shape index (κ2) is 8.33. The fraction of sp³-hybridized carbons (Fsp3) is 0. The second-order valence-electron chi connectivity index (χ2n) is 9.98. The smallest absolute Gasteiger partial charge is 0.103 e. The quantitative estimate of drug-likeness (QED) is 0.234. The molecule has 0 N–H and O–H groups in total. The molecule has 0 atom stereocenters. The van der Waals surface area contributed by atoms with Crippen LogP contribution in [0.1, 0.15) is 11.1 Å². The number of hydrogen-bond donors (Lipinski definition) is 0. The third-order valence-corrected chi connectivity index (χ3v) is 8.01. The van der Waals surface area contributed by atoms with E-state index in [4.69, 9.17) is 0 Å². The summed E-state index contributed by atoms with van der Waals surface area (Å²) in [5, 5.41) is 27.9. The van der Waals surface area contributed by atoms with E-state index in [0.29, 0.717) is 22.5 Å². The molecular weight excluding hydrogens is 488 g/mol. The fourth-order valence-corrected chi connectivity index (χ4v) is 6.34. The first-order valence-corrected chi connectivity index (χ1v) is 13.2. The van der Waals surface area contributed by atoms with E-state index in [1.807, 2.05) is 60.7 Å². The predicted molar refractivity (Wildman–Crippen MR) is 162 cm³/mol. The van der Waals surface area contributed by atoms with Crippen LogP contribution in [0.3, 0.4) is 0 Å². The van der Waals surface area contributed by atoms with Crippen molar-refractivity contribution in [2.24, 2.45) is 0 Å². The number of rotatable bonds is 2. The molecule has 8 rings (SSSR count). The Morgan fingerprint density at radius 2 is 0.850 bits per heavy atom. The van der Waals surface area contributed by atoms with Crippen molar-refractivity contribution in [3.63, 3.8) is 0 Å². The number of benzene rings is 6. The van der Waals surface area contributed by atoms with Gasteiger partial charge in [-0.05, 0) is 35.7 Å². The zero-order valence-electron chi connectivity index (χ0n) is 21.3. The predicted octanol–water partition coefficient (Wildman–Crippen LogP) is 8.78. The number of aromatic nitrogens is 2. The molecule has 6 aromatic carbocycles. The minimum Gasteiger partial charge on any atom is -0.308 e. The summed E-state index contributed by atoms with van der Waals surface area (Å²) >= 11 is 0. The van der Waals surface area contributed by atoms with Gasteiger partial charge in [-0.1, -0.05) is 91.0 Å². The van der Waals surface area contributed by atoms with Crippen LogP contribution >= 0.6 is 0 Å². The fourth-order valence-electron chi connectivity index (χ4n) is 6.34. The molecule has 0 bridgehead atoms. The Labute approximate surface area is 229 Å². The molecule has 8 aromatic rings. The van der Waals surface area contributed by atoms with E-state index in [0.717, 1.165) is 54.4 Å². The molecule has 0 saturated carbocycles. The third-order valence-electron chi connectivity index (χ3n) is 8.01. The van der Waals surface area contributed by atoms with Crippen molar-refractivity contribution in [2.75, 3.05) is 0 Å². The van der Waals surface area contributed by atoms with E-state index in [-0.39, 0.29) is 0 Å². The van der Waals surface area contributed by atoms with Crippen molar-refractivity contribution in [1.82, 2.24) is 9.13 Å². The summed E-state index contributed by atoms with van der Waals surface area (Å²) in [5.41, 5.74) is 6.15. The molecule has 0 saturated heterocycles. The number of nitriles is 2. The van der Waals surface area contributed by atoms with Crippen molar-refractivity contribution in [1.29, 1.82) is 10.5 Å². The van der Waals surface area contributed by atoms with Crippen LogP contribution in [0.5, 0.6) is 0 Å². The normalized spacial score (nSPS) is 11.4. The Kier molecular flexibility index (Phi) is 4.62. The summed E-state index contributed by atoms with van der Waals surface area (Å²) in [7, 11) is 0. The largest absolute Gasteiger partial charge is 0.308 e. The molecule has 184 valence electrons. The maximum absolute atomic E-state index is 10.6. The SMILES string of the molecule is N#Cc1c(-n2c3ccccc3c3ccccc32)ccc(-n2c3ccccc3c3ccc4ccccc4c32)c1C#N. The first-order valence-electron chi connectivity index (χ1n) is 13.2. The molecule has 0 amide bonds. The van der Waals surface area contributed by atoms with Crippen LogP contribution in [0.15, 0.2) is 121 Å². The maximum Gasteiger partial charge on any atom is 0.103 e. The lowest BCUT2D eigenvalue weighted by Gasteiger charge is -2.16. The van der Waals surface area contributed by atoms with Crippen LogP contribution in [-0.4, -0.2) is 9.13 Å². The van der Waals surface area contributed by atoms with Crippen LogP contribution in [-0.2, 0) is 0 Å². The standard InChI is InChI=1S/C36H20N4/c37-21-29-30(22-38)35(20-19-34(29)39-31-14-6-3-11-25(31)26-12-4-7-15-32(26)39)40-33-16-8-5-13-27(33)28-18-17-23-9-1-2-10-24(23)36(28)40/h1-20H. The van der Waals surface area contributed by atoms with Crippen molar-refractivity contribution < 1.29 is 0 Å². The highest BCUT2D eigenvalue weighted by atomic mass is 15.0. The van der Waals surface area contributed by atoms with Gasteiger partial charge in [-0.25, -0.2) is 0 Å². The van der Waals surface area contributed by atoms with E-state index in [9.17, 15) is 10.5 Å². The summed E-state index contributed by atoms with van der Waals surface area (Å²) in [6, 6.07) is 46.1. The molecule has 40 heavy (non-hydrogen) atoms. The Hall–Kier alpha value is -5.84. The Morgan fingerprint density at radius 3 is 1.43 bits per heavy atom. The summed E-state index contributed by atoms with van der Waals surface area (Å²) < 4.78 is 4.26. The third kappa shape index (κ3) is 2.88. The van der Waals surface area contributed by atoms with Gasteiger partial charge in [0, 0.05) is 26.9 Å². The molecule has 0 unspecified atom stereocenters. The molecule has 0 aliphatic heterocycles. The number of nitrogens with zero attached hydrogens (tertiary/aromatic N) is 4. The molecule has 4 heteroatoms. The Bertz CT molecular complexity index is 2350. The zero-order valence-corrected chi connectivity index (χ0v) is 21.3. The van der Waals surface area contributed by atoms with E-state index in [1.54, 1.807) is 0 Å². The summed E-state index contributed by atoms with van der Waals surface area (Å²) in [5.74, 6) is 0. The highest BCUT2D eigenvalue weighted by Crippen LogP contribution is 2.39. The summed E-state index contributed by atoms with van der Waals surface area (Å²) in [6.45, 7) is 0. The molecule has 0 spiro atoms. The van der Waals surface area contributed by atoms with Crippen molar-refractivity contribution >= 4 is 54.4 Å². The monoisotopic (exact) mass is 508 g/mol. The first-order chi connectivity index (χ1) is 19.8. The van der Waals surface area contributed by atoms with Crippen LogP contribution in [0.2, 0.25) is 0 Å². The maximum atomic E-state index is 10.6. The lowest BCUT2D eigenvalue weighted by molar-refractivity contribution is 1.12. The molecule has 0 fully saturated rings. The van der Waals surface area contributed by atoms with Gasteiger partial charge in [0.25, 0.3) is 0 Å². The first kappa shape index (κ1) is 22.2. The number of hydrogen-bond acceptors (Lipinski definition) is 2. The minimum atomic E-state index is 0.359. The van der Waals surface area contributed by atoms with Crippen molar-refractivity contribution in [2.45, 2.75) is 0 Å². The second-order valence-corrected chi connectivity index (χ2v) is 9.98. The van der Waals surface area contributed by atoms with Gasteiger partial charge in [-0.2, -0.15) is 10.5 Å². The van der Waals surface area contributed by atoms with Crippen LogP contribution < -0.4 is 0 Å². The Morgan fingerprint density at radius 1 is 0.400 bits per heavy atom. The van der Waals surface area contributed by atoms with E-state index >= 15 is 0 Å². The van der Waals surface area contributed by atoms with Crippen molar-refractivity contribution in [3.8, 4) is 23.5 Å². The molecule has 0 radical (unpaired) electrons. The van der Waals surface area contributed by atoms with Crippen LogP contribution in [0, 0.1) is 22.7 Å². The number of fused-ring (bicyclic) bond motifs is 8. The highest BCUT2D eigenvalue weighted by Gasteiger charge is 2.22. The van der Waals surface area contributed by atoms with Crippen molar-refractivity contribution in [3.05, 3.63) is 132 Å². The van der Waals surface area contributed by atoms with Gasteiger partial charge in [0.2, 0.25) is 0 Å². The Balaban J connectivity index is 1.52. The van der Waals surface area contributed by atoms with E-state index < -0.39 is 0 Å². The molecule has 4 nitrogen and oxygen atoms in total. The topological polar surface area (TPSA) is 57.4 Å².